The Kier molecular flexibility index (Phi) is 5.38. The Labute approximate surface area is 139 Å². The van der Waals surface area contributed by atoms with Crippen molar-refractivity contribution in [3.8, 4) is 0 Å². The van der Waals surface area contributed by atoms with Gasteiger partial charge in [-0.25, -0.2) is 0 Å². The molecule has 1 aromatic heterocycles. The SMILES string of the molecule is CC1Cc2sccc2CN1Cc1c(Cl)cccc1Cl.Cl. The highest BCUT2D eigenvalue weighted by Crippen LogP contribution is 2.31. The highest BCUT2D eigenvalue weighted by atomic mass is 35.5. The fourth-order valence-corrected chi connectivity index (χ4v) is 4.09. The van der Waals surface area contributed by atoms with Crippen LogP contribution < -0.4 is 0 Å². The van der Waals surface area contributed by atoms with E-state index >= 15 is 0 Å². The van der Waals surface area contributed by atoms with E-state index in [0.717, 1.165) is 35.1 Å². The summed E-state index contributed by atoms with van der Waals surface area (Å²) in [6, 6.07) is 8.47. The van der Waals surface area contributed by atoms with Crippen LogP contribution in [0.1, 0.15) is 22.9 Å². The van der Waals surface area contributed by atoms with Crippen molar-refractivity contribution in [2.45, 2.75) is 32.5 Å². The van der Waals surface area contributed by atoms with Gasteiger partial charge in [0.1, 0.15) is 0 Å². The smallest absolute Gasteiger partial charge is 0.0465 e. The third-order valence-corrected chi connectivity index (χ3v) is 5.43. The summed E-state index contributed by atoms with van der Waals surface area (Å²) in [5, 5.41) is 3.70. The number of hydrogen-bond acceptors (Lipinski definition) is 2. The summed E-state index contributed by atoms with van der Waals surface area (Å²) in [5.41, 5.74) is 2.49. The zero-order chi connectivity index (χ0) is 13.4. The molecular formula is C15H16Cl3NS. The molecule has 1 aromatic carbocycles. The zero-order valence-electron chi connectivity index (χ0n) is 11.1. The lowest BCUT2D eigenvalue weighted by Crippen LogP contribution is -2.37. The first kappa shape index (κ1) is 16.1. The number of thiophene rings is 1. The fourth-order valence-electron chi connectivity index (χ4n) is 2.56. The Morgan fingerprint density at radius 1 is 1.25 bits per heavy atom. The molecule has 0 saturated carbocycles. The number of halogens is 3. The van der Waals surface area contributed by atoms with E-state index in [4.69, 9.17) is 23.2 Å². The van der Waals surface area contributed by atoms with Crippen molar-refractivity contribution in [2.75, 3.05) is 0 Å². The van der Waals surface area contributed by atoms with Gasteiger partial charge in [0.15, 0.2) is 0 Å². The van der Waals surface area contributed by atoms with Gasteiger partial charge in [0.2, 0.25) is 0 Å². The van der Waals surface area contributed by atoms with E-state index in [9.17, 15) is 0 Å². The maximum absolute atomic E-state index is 6.27. The summed E-state index contributed by atoms with van der Waals surface area (Å²) in [7, 11) is 0. The Morgan fingerprint density at radius 3 is 2.65 bits per heavy atom. The first-order chi connectivity index (χ1) is 9.15. The standard InChI is InChI=1S/C15H15Cl2NS.ClH/c1-10-7-15-11(5-6-19-15)8-18(10)9-12-13(16)3-2-4-14(12)17;/h2-6,10H,7-9H2,1H3;1H. The van der Waals surface area contributed by atoms with Crippen molar-refractivity contribution in [3.63, 3.8) is 0 Å². The number of rotatable bonds is 2. The van der Waals surface area contributed by atoms with Crippen LogP contribution >= 0.6 is 46.9 Å². The molecule has 1 unspecified atom stereocenters. The van der Waals surface area contributed by atoms with Crippen LogP contribution in [0.3, 0.4) is 0 Å². The molecule has 1 aliphatic rings. The van der Waals surface area contributed by atoms with Crippen LogP contribution in [0.4, 0.5) is 0 Å². The molecule has 0 N–H and O–H groups in total. The molecule has 2 aromatic rings. The fraction of sp³-hybridized carbons (Fsp3) is 0.333. The van der Waals surface area contributed by atoms with Crippen LogP contribution in [0.25, 0.3) is 0 Å². The summed E-state index contributed by atoms with van der Waals surface area (Å²) < 4.78 is 0. The maximum atomic E-state index is 6.27. The predicted octanol–water partition coefficient (Wildman–Crippen LogP) is 5.42. The largest absolute Gasteiger partial charge is 0.292 e. The molecule has 0 bridgehead atoms. The topological polar surface area (TPSA) is 3.24 Å². The van der Waals surface area contributed by atoms with Crippen molar-refractivity contribution >= 4 is 46.9 Å². The van der Waals surface area contributed by atoms with Gasteiger partial charge >= 0.3 is 0 Å². The van der Waals surface area contributed by atoms with Gasteiger partial charge in [-0.2, -0.15) is 0 Å². The molecule has 0 fully saturated rings. The Morgan fingerprint density at radius 2 is 1.95 bits per heavy atom. The lowest BCUT2D eigenvalue weighted by molar-refractivity contribution is 0.177. The Hall–Kier alpha value is -0.250. The van der Waals surface area contributed by atoms with Crippen molar-refractivity contribution in [1.82, 2.24) is 4.90 Å². The van der Waals surface area contributed by atoms with E-state index in [0.29, 0.717) is 6.04 Å². The third kappa shape index (κ3) is 3.15. The maximum Gasteiger partial charge on any atom is 0.0465 e. The van der Waals surface area contributed by atoms with E-state index in [1.54, 1.807) is 0 Å². The molecule has 108 valence electrons. The van der Waals surface area contributed by atoms with Crippen LogP contribution in [0.5, 0.6) is 0 Å². The first-order valence-electron chi connectivity index (χ1n) is 6.37. The predicted molar refractivity (Wildman–Crippen MR) is 90.4 cm³/mol. The number of benzene rings is 1. The minimum absolute atomic E-state index is 0. The van der Waals surface area contributed by atoms with Gasteiger partial charge in [-0.05, 0) is 42.5 Å². The van der Waals surface area contributed by atoms with Gasteiger partial charge in [0.25, 0.3) is 0 Å². The van der Waals surface area contributed by atoms with Gasteiger partial charge in [-0.1, -0.05) is 29.3 Å². The first-order valence-corrected chi connectivity index (χ1v) is 8.01. The van der Waals surface area contributed by atoms with Crippen LogP contribution in [0.2, 0.25) is 10.0 Å². The van der Waals surface area contributed by atoms with Crippen LogP contribution in [-0.4, -0.2) is 10.9 Å². The minimum Gasteiger partial charge on any atom is -0.292 e. The molecule has 0 amide bonds. The summed E-state index contributed by atoms with van der Waals surface area (Å²) in [5.74, 6) is 0. The van der Waals surface area contributed by atoms with Crippen molar-refractivity contribution in [1.29, 1.82) is 0 Å². The van der Waals surface area contributed by atoms with Crippen LogP contribution in [0.15, 0.2) is 29.6 Å². The quantitative estimate of drug-likeness (QED) is 0.700. The van der Waals surface area contributed by atoms with E-state index in [2.05, 4.69) is 23.3 Å². The Balaban J connectivity index is 0.00000147. The van der Waals surface area contributed by atoms with E-state index < -0.39 is 0 Å². The zero-order valence-corrected chi connectivity index (χ0v) is 14.2. The molecule has 2 heterocycles. The second-order valence-corrected chi connectivity index (χ2v) is 6.84. The van der Waals surface area contributed by atoms with Crippen LogP contribution in [0, 0.1) is 0 Å². The van der Waals surface area contributed by atoms with E-state index in [1.165, 1.54) is 10.4 Å². The number of hydrogen-bond donors (Lipinski definition) is 0. The summed E-state index contributed by atoms with van der Waals surface area (Å²) >= 11 is 14.4. The molecular weight excluding hydrogens is 333 g/mol. The molecule has 5 heteroatoms. The van der Waals surface area contributed by atoms with Gasteiger partial charge in [0, 0.05) is 39.6 Å². The van der Waals surface area contributed by atoms with Gasteiger partial charge in [-0.3, -0.25) is 4.90 Å². The molecule has 1 aliphatic heterocycles. The normalized spacial score (nSPS) is 18.4. The second kappa shape index (κ2) is 6.67. The van der Waals surface area contributed by atoms with Gasteiger partial charge < -0.3 is 0 Å². The van der Waals surface area contributed by atoms with Gasteiger partial charge in [-0.15, -0.1) is 23.7 Å². The monoisotopic (exact) mass is 347 g/mol. The summed E-state index contributed by atoms with van der Waals surface area (Å²) in [6.45, 7) is 4.07. The third-order valence-electron chi connectivity index (χ3n) is 3.74. The molecule has 0 saturated heterocycles. The average Bonchev–Trinajstić information content (AvgIpc) is 2.81. The van der Waals surface area contributed by atoms with Crippen LogP contribution in [-0.2, 0) is 19.5 Å². The molecule has 20 heavy (non-hydrogen) atoms. The molecule has 1 atom stereocenters. The average molecular weight is 349 g/mol. The van der Waals surface area contributed by atoms with Crippen molar-refractivity contribution in [3.05, 3.63) is 55.7 Å². The highest BCUT2D eigenvalue weighted by Gasteiger charge is 2.24. The van der Waals surface area contributed by atoms with E-state index in [1.807, 2.05) is 29.5 Å². The van der Waals surface area contributed by atoms with Gasteiger partial charge in [0.05, 0.1) is 0 Å². The second-order valence-electron chi connectivity index (χ2n) is 5.03. The Bertz CT molecular complexity index is 576. The molecule has 0 radical (unpaired) electrons. The lowest BCUT2D eigenvalue weighted by atomic mass is 10.0. The van der Waals surface area contributed by atoms with E-state index in [-0.39, 0.29) is 12.4 Å². The molecule has 1 nitrogen and oxygen atoms in total. The van der Waals surface area contributed by atoms with Crippen molar-refractivity contribution in [2.24, 2.45) is 0 Å². The van der Waals surface area contributed by atoms with Crippen molar-refractivity contribution < 1.29 is 0 Å². The number of fused-ring (bicyclic) bond motifs is 1. The lowest BCUT2D eigenvalue weighted by Gasteiger charge is -2.33. The minimum atomic E-state index is 0. The highest BCUT2D eigenvalue weighted by molar-refractivity contribution is 7.10. The molecule has 3 rings (SSSR count). The molecule has 0 spiro atoms. The molecule has 0 aliphatic carbocycles. The summed E-state index contributed by atoms with van der Waals surface area (Å²) in [4.78, 5) is 3.97. The number of nitrogens with zero attached hydrogens (tertiary/aromatic N) is 1. The summed E-state index contributed by atoms with van der Waals surface area (Å²) in [6.07, 6.45) is 1.12.